The zero-order valence-corrected chi connectivity index (χ0v) is 12.6. The van der Waals surface area contributed by atoms with Gasteiger partial charge in [-0.05, 0) is 12.5 Å². The average Bonchev–Trinajstić information content (AvgIpc) is 2.86. The molecular weight excluding hydrogens is 296 g/mol. The molecule has 2 saturated heterocycles. The van der Waals surface area contributed by atoms with E-state index in [1.54, 1.807) is 6.07 Å². The number of hydrogen-bond acceptors (Lipinski definition) is 5. The lowest BCUT2D eigenvalue weighted by Gasteiger charge is -2.41. The maximum Gasteiger partial charge on any atom is 0.271 e. The Morgan fingerprint density at radius 3 is 2.86 bits per heavy atom. The van der Waals surface area contributed by atoms with Crippen molar-refractivity contribution in [3.63, 3.8) is 0 Å². The van der Waals surface area contributed by atoms with Gasteiger partial charge in [-0.25, -0.2) is 0 Å². The van der Waals surface area contributed by atoms with Gasteiger partial charge in [0.1, 0.15) is 5.60 Å². The van der Waals surface area contributed by atoms with Gasteiger partial charge in [0.05, 0.1) is 28.8 Å². The van der Waals surface area contributed by atoms with E-state index >= 15 is 0 Å². The van der Waals surface area contributed by atoms with Gasteiger partial charge in [0.15, 0.2) is 0 Å². The molecule has 21 heavy (non-hydrogen) atoms. The molecule has 3 rings (SSSR count). The van der Waals surface area contributed by atoms with Gasteiger partial charge in [0.2, 0.25) is 0 Å². The quantitative estimate of drug-likeness (QED) is 0.620. The summed E-state index contributed by atoms with van der Waals surface area (Å²) in [5.41, 5.74) is 1.42. The van der Waals surface area contributed by atoms with Crippen molar-refractivity contribution in [3.05, 3.63) is 32.8 Å². The van der Waals surface area contributed by atoms with Crippen LogP contribution < -0.4 is 4.90 Å². The lowest BCUT2D eigenvalue weighted by atomic mass is 9.99. The number of nitro groups is 1. The second-order valence-electron chi connectivity index (χ2n) is 5.61. The highest BCUT2D eigenvalue weighted by molar-refractivity contribution is 6.33. The molecule has 0 saturated carbocycles. The van der Waals surface area contributed by atoms with Crippen molar-refractivity contribution in [2.24, 2.45) is 0 Å². The number of aryl methyl sites for hydroxylation is 1. The normalized spacial score (nSPS) is 25.5. The molecule has 2 fully saturated rings. The Labute approximate surface area is 127 Å². The highest BCUT2D eigenvalue weighted by atomic mass is 35.5. The standard InChI is InChI=1S/C14H17ClN2O4/c1-10-6-11(17(18)19)7-12(15)13(10)16-3-5-21-14(8-16)2-4-20-9-14/h6-7H,2-5,8-9H2,1H3. The van der Waals surface area contributed by atoms with Crippen LogP contribution in [-0.4, -0.2) is 43.4 Å². The van der Waals surface area contributed by atoms with Crippen LogP contribution in [0.4, 0.5) is 11.4 Å². The van der Waals surface area contributed by atoms with Crippen LogP contribution in [0.3, 0.4) is 0 Å². The molecule has 2 heterocycles. The number of ether oxygens (including phenoxy) is 2. The van der Waals surface area contributed by atoms with Crippen molar-refractivity contribution >= 4 is 23.0 Å². The summed E-state index contributed by atoms with van der Waals surface area (Å²) in [7, 11) is 0. The summed E-state index contributed by atoms with van der Waals surface area (Å²) in [6.45, 7) is 5.18. The van der Waals surface area contributed by atoms with Crippen molar-refractivity contribution in [3.8, 4) is 0 Å². The molecule has 1 unspecified atom stereocenters. The minimum atomic E-state index is -0.422. The third-order valence-corrected chi connectivity index (χ3v) is 4.37. The number of halogens is 1. The predicted octanol–water partition coefficient (Wildman–Crippen LogP) is 2.55. The van der Waals surface area contributed by atoms with Crippen molar-refractivity contribution in [1.82, 2.24) is 0 Å². The summed E-state index contributed by atoms with van der Waals surface area (Å²) < 4.78 is 11.4. The first-order valence-corrected chi connectivity index (χ1v) is 7.30. The van der Waals surface area contributed by atoms with E-state index in [0.29, 0.717) is 31.4 Å². The molecule has 0 N–H and O–H groups in total. The van der Waals surface area contributed by atoms with Crippen LogP contribution in [0, 0.1) is 17.0 Å². The molecule has 1 atom stereocenters. The van der Waals surface area contributed by atoms with E-state index in [2.05, 4.69) is 4.90 Å². The van der Waals surface area contributed by atoms with E-state index in [1.165, 1.54) is 6.07 Å². The van der Waals surface area contributed by atoms with E-state index in [0.717, 1.165) is 24.2 Å². The van der Waals surface area contributed by atoms with Gasteiger partial charge < -0.3 is 14.4 Å². The fraction of sp³-hybridized carbons (Fsp3) is 0.571. The van der Waals surface area contributed by atoms with E-state index in [4.69, 9.17) is 21.1 Å². The first kappa shape index (κ1) is 14.6. The number of nitrogens with zero attached hydrogens (tertiary/aromatic N) is 2. The zero-order valence-electron chi connectivity index (χ0n) is 11.8. The summed E-state index contributed by atoms with van der Waals surface area (Å²) in [6, 6.07) is 2.98. The number of rotatable bonds is 2. The first-order chi connectivity index (χ1) is 10.0. The van der Waals surface area contributed by atoms with Crippen LogP contribution in [-0.2, 0) is 9.47 Å². The molecule has 1 aromatic carbocycles. The van der Waals surface area contributed by atoms with Gasteiger partial charge in [0.25, 0.3) is 5.69 Å². The maximum absolute atomic E-state index is 10.9. The lowest BCUT2D eigenvalue weighted by Crippen LogP contribution is -2.52. The number of anilines is 1. The Hall–Kier alpha value is -1.37. The summed E-state index contributed by atoms with van der Waals surface area (Å²) in [6.07, 6.45) is 0.868. The second-order valence-corrected chi connectivity index (χ2v) is 6.01. The SMILES string of the molecule is Cc1cc([N+](=O)[O-])cc(Cl)c1N1CCOC2(CCOC2)C1. The fourth-order valence-electron chi connectivity index (χ4n) is 3.09. The van der Waals surface area contributed by atoms with E-state index in [9.17, 15) is 10.1 Å². The van der Waals surface area contributed by atoms with Crippen LogP contribution in [0.5, 0.6) is 0 Å². The fourth-order valence-corrected chi connectivity index (χ4v) is 3.47. The van der Waals surface area contributed by atoms with Gasteiger partial charge in [-0.2, -0.15) is 0 Å². The van der Waals surface area contributed by atoms with Gasteiger partial charge in [-0.15, -0.1) is 0 Å². The second kappa shape index (κ2) is 5.44. The Kier molecular flexibility index (Phi) is 3.77. The Morgan fingerprint density at radius 2 is 2.24 bits per heavy atom. The van der Waals surface area contributed by atoms with Crippen LogP contribution >= 0.6 is 11.6 Å². The molecule has 2 aliphatic heterocycles. The smallest absolute Gasteiger partial charge is 0.271 e. The highest BCUT2D eigenvalue weighted by Gasteiger charge is 2.41. The molecular formula is C14H17ClN2O4. The molecule has 0 radical (unpaired) electrons. The molecule has 0 aliphatic carbocycles. The summed E-state index contributed by atoms with van der Waals surface area (Å²) in [4.78, 5) is 12.6. The van der Waals surface area contributed by atoms with Crippen molar-refractivity contribution in [2.75, 3.05) is 37.8 Å². The van der Waals surface area contributed by atoms with Gasteiger partial charge in [0, 0.05) is 38.2 Å². The molecule has 2 aliphatic rings. The average molecular weight is 313 g/mol. The molecule has 7 heteroatoms. The summed E-state index contributed by atoms with van der Waals surface area (Å²) >= 11 is 6.29. The van der Waals surface area contributed by atoms with Gasteiger partial charge >= 0.3 is 0 Å². The van der Waals surface area contributed by atoms with Crippen LogP contribution in [0.1, 0.15) is 12.0 Å². The number of hydrogen-bond donors (Lipinski definition) is 0. The van der Waals surface area contributed by atoms with Crippen molar-refractivity contribution in [1.29, 1.82) is 0 Å². The molecule has 0 aromatic heterocycles. The third-order valence-electron chi connectivity index (χ3n) is 4.08. The Morgan fingerprint density at radius 1 is 1.43 bits per heavy atom. The number of non-ortho nitro benzene ring substituents is 1. The monoisotopic (exact) mass is 312 g/mol. The molecule has 0 amide bonds. The summed E-state index contributed by atoms with van der Waals surface area (Å²) in [5.74, 6) is 0. The van der Waals surface area contributed by atoms with Crippen molar-refractivity contribution in [2.45, 2.75) is 18.9 Å². The number of nitro benzene ring substituents is 1. The molecule has 1 aromatic rings. The molecule has 1 spiro atoms. The topological polar surface area (TPSA) is 64.8 Å². The van der Waals surface area contributed by atoms with Gasteiger partial charge in [-0.1, -0.05) is 11.6 Å². The first-order valence-electron chi connectivity index (χ1n) is 6.92. The predicted molar refractivity (Wildman–Crippen MR) is 79.2 cm³/mol. The van der Waals surface area contributed by atoms with Crippen molar-refractivity contribution < 1.29 is 14.4 Å². The van der Waals surface area contributed by atoms with E-state index in [1.807, 2.05) is 6.92 Å². The van der Waals surface area contributed by atoms with Crippen LogP contribution in [0.25, 0.3) is 0 Å². The molecule has 0 bridgehead atoms. The van der Waals surface area contributed by atoms with Crippen LogP contribution in [0.15, 0.2) is 12.1 Å². The van der Waals surface area contributed by atoms with Crippen LogP contribution in [0.2, 0.25) is 5.02 Å². The molecule has 114 valence electrons. The lowest BCUT2D eigenvalue weighted by molar-refractivity contribution is -0.384. The minimum Gasteiger partial charge on any atom is -0.378 e. The van der Waals surface area contributed by atoms with Gasteiger partial charge in [-0.3, -0.25) is 10.1 Å². The zero-order chi connectivity index (χ0) is 15.0. The molecule has 6 nitrogen and oxygen atoms in total. The number of benzene rings is 1. The van der Waals surface area contributed by atoms with E-state index < -0.39 is 4.92 Å². The summed E-state index contributed by atoms with van der Waals surface area (Å²) in [5, 5.41) is 11.3. The minimum absolute atomic E-state index is 0.0217. The maximum atomic E-state index is 10.9. The Balaban J connectivity index is 1.91. The third kappa shape index (κ3) is 2.71. The van der Waals surface area contributed by atoms with E-state index in [-0.39, 0.29) is 11.3 Å². The number of morpholine rings is 1. The largest absolute Gasteiger partial charge is 0.378 e. The highest BCUT2D eigenvalue weighted by Crippen LogP contribution is 2.37. The Bertz CT molecular complexity index is 549.